The van der Waals surface area contributed by atoms with E-state index < -0.39 is 0 Å². The van der Waals surface area contributed by atoms with Crippen molar-refractivity contribution in [3.63, 3.8) is 0 Å². The minimum Gasteiger partial charge on any atom is -0.383 e. The molecule has 0 bridgehead atoms. The predicted molar refractivity (Wildman–Crippen MR) is 58.0 cm³/mol. The van der Waals surface area contributed by atoms with Gasteiger partial charge in [-0.25, -0.2) is 4.39 Å². The van der Waals surface area contributed by atoms with Gasteiger partial charge in [-0.1, -0.05) is 11.6 Å². The van der Waals surface area contributed by atoms with E-state index in [9.17, 15) is 4.39 Å². The lowest BCUT2D eigenvalue weighted by molar-refractivity contribution is 0.629. The second-order valence-electron chi connectivity index (χ2n) is 2.86. The molecular formula is C11H11ClFN. The standard InChI is InChI=1S/C11H11ClFN/c1-2-3-4-7-14-11-8-9(12)5-6-10(11)13/h1,5-6,8,14H,3-4,7H2. The fourth-order valence-electron chi connectivity index (χ4n) is 1.05. The van der Waals surface area contributed by atoms with Crippen LogP contribution < -0.4 is 5.32 Å². The molecule has 74 valence electrons. The van der Waals surface area contributed by atoms with Crippen molar-refractivity contribution in [1.82, 2.24) is 0 Å². The van der Waals surface area contributed by atoms with Gasteiger partial charge >= 0.3 is 0 Å². The Kier molecular flexibility index (Phi) is 4.28. The third-order valence-electron chi connectivity index (χ3n) is 1.74. The third kappa shape index (κ3) is 3.27. The smallest absolute Gasteiger partial charge is 0.146 e. The summed E-state index contributed by atoms with van der Waals surface area (Å²) >= 11 is 5.72. The van der Waals surface area contributed by atoms with Crippen LogP contribution in [-0.2, 0) is 0 Å². The fraction of sp³-hybridized carbons (Fsp3) is 0.273. The quantitative estimate of drug-likeness (QED) is 0.595. The van der Waals surface area contributed by atoms with Gasteiger partial charge in [0, 0.05) is 18.0 Å². The van der Waals surface area contributed by atoms with Crippen molar-refractivity contribution in [2.24, 2.45) is 0 Å². The van der Waals surface area contributed by atoms with E-state index in [0.29, 0.717) is 23.7 Å². The Hall–Kier alpha value is -1.20. The Morgan fingerprint density at radius 1 is 1.50 bits per heavy atom. The largest absolute Gasteiger partial charge is 0.383 e. The van der Waals surface area contributed by atoms with Crippen LogP contribution in [0.4, 0.5) is 10.1 Å². The maximum atomic E-state index is 13.1. The summed E-state index contributed by atoms with van der Waals surface area (Å²) in [4.78, 5) is 0. The molecule has 0 aromatic heterocycles. The van der Waals surface area contributed by atoms with Crippen LogP contribution >= 0.6 is 11.6 Å². The Bertz CT molecular complexity index is 344. The van der Waals surface area contributed by atoms with Crippen LogP contribution in [0.2, 0.25) is 5.02 Å². The predicted octanol–water partition coefficient (Wildman–Crippen LogP) is 3.30. The molecule has 0 amide bonds. The number of terminal acetylenes is 1. The summed E-state index contributed by atoms with van der Waals surface area (Å²) in [5, 5.41) is 3.45. The third-order valence-corrected chi connectivity index (χ3v) is 1.98. The topological polar surface area (TPSA) is 12.0 Å². The van der Waals surface area contributed by atoms with Crippen LogP contribution in [0.15, 0.2) is 18.2 Å². The molecule has 14 heavy (non-hydrogen) atoms. The van der Waals surface area contributed by atoms with Gasteiger partial charge in [-0.05, 0) is 24.6 Å². The number of rotatable bonds is 4. The van der Waals surface area contributed by atoms with Crippen LogP contribution in [0, 0.1) is 18.2 Å². The lowest BCUT2D eigenvalue weighted by Gasteiger charge is -2.06. The average molecular weight is 212 g/mol. The minimum absolute atomic E-state index is 0.296. The van der Waals surface area contributed by atoms with E-state index in [0.717, 1.165) is 6.42 Å². The molecule has 1 N–H and O–H groups in total. The molecule has 3 heteroatoms. The molecule has 0 saturated heterocycles. The van der Waals surface area contributed by atoms with Crippen molar-refractivity contribution in [2.75, 3.05) is 11.9 Å². The molecule has 1 aromatic carbocycles. The molecule has 0 spiro atoms. The van der Waals surface area contributed by atoms with Crippen LogP contribution in [-0.4, -0.2) is 6.54 Å². The van der Waals surface area contributed by atoms with E-state index in [1.807, 2.05) is 0 Å². The molecule has 1 aromatic rings. The summed E-state index contributed by atoms with van der Waals surface area (Å²) in [5.74, 6) is 2.22. The number of halogens is 2. The Balaban J connectivity index is 2.50. The van der Waals surface area contributed by atoms with Gasteiger partial charge in [-0.2, -0.15) is 0 Å². The van der Waals surface area contributed by atoms with Gasteiger partial charge < -0.3 is 5.32 Å². The molecule has 1 rings (SSSR count). The second-order valence-corrected chi connectivity index (χ2v) is 3.30. The molecule has 0 fully saturated rings. The highest BCUT2D eigenvalue weighted by atomic mass is 35.5. The van der Waals surface area contributed by atoms with Crippen molar-refractivity contribution in [1.29, 1.82) is 0 Å². The number of benzene rings is 1. The Morgan fingerprint density at radius 3 is 3.00 bits per heavy atom. The summed E-state index contributed by atoms with van der Waals surface area (Å²) in [6, 6.07) is 4.42. The van der Waals surface area contributed by atoms with Gasteiger partial charge in [0.2, 0.25) is 0 Å². The molecule has 0 unspecified atom stereocenters. The normalized spacial score (nSPS) is 9.50. The zero-order valence-electron chi connectivity index (χ0n) is 7.69. The molecular weight excluding hydrogens is 201 g/mol. The lowest BCUT2D eigenvalue weighted by atomic mass is 10.2. The average Bonchev–Trinajstić information content (AvgIpc) is 2.18. The first-order valence-corrected chi connectivity index (χ1v) is 4.74. The first-order chi connectivity index (χ1) is 6.74. The van der Waals surface area contributed by atoms with Gasteiger partial charge in [0.25, 0.3) is 0 Å². The molecule has 0 heterocycles. The Labute approximate surface area is 88.3 Å². The lowest BCUT2D eigenvalue weighted by Crippen LogP contribution is -2.02. The van der Waals surface area contributed by atoms with E-state index in [2.05, 4.69) is 11.2 Å². The number of unbranched alkanes of at least 4 members (excludes halogenated alkanes) is 1. The van der Waals surface area contributed by atoms with Crippen molar-refractivity contribution in [3.05, 3.63) is 29.0 Å². The first kappa shape index (κ1) is 10.9. The van der Waals surface area contributed by atoms with Gasteiger partial charge in [0.05, 0.1) is 5.69 Å². The molecule has 0 aliphatic carbocycles. The SMILES string of the molecule is C#CCCCNc1cc(Cl)ccc1F. The number of nitrogens with one attached hydrogen (secondary N) is 1. The van der Waals surface area contributed by atoms with Crippen LogP contribution in [0.1, 0.15) is 12.8 Å². The molecule has 0 saturated carbocycles. The van der Waals surface area contributed by atoms with Gasteiger partial charge in [0.15, 0.2) is 0 Å². The van der Waals surface area contributed by atoms with E-state index in [1.54, 1.807) is 6.07 Å². The highest BCUT2D eigenvalue weighted by Crippen LogP contribution is 2.19. The van der Waals surface area contributed by atoms with Crippen molar-refractivity contribution < 1.29 is 4.39 Å². The first-order valence-electron chi connectivity index (χ1n) is 4.36. The molecule has 0 aliphatic rings. The molecule has 0 aliphatic heterocycles. The van der Waals surface area contributed by atoms with Crippen LogP contribution in [0.3, 0.4) is 0 Å². The second kappa shape index (κ2) is 5.51. The molecule has 1 nitrogen and oxygen atoms in total. The van der Waals surface area contributed by atoms with E-state index in [1.165, 1.54) is 12.1 Å². The highest BCUT2D eigenvalue weighted by molar-refractivity contribution is 6.30. The summed E-state index contributed by atoms with van der Waals surface area (Å²) in [6.45, 7) is 0.654. The van der Waals surface area contributed by atoms with Crippen molar-refractivity contribution >= 4 is 17.3 Å². The van der Waals surface area contributed by atoms with E-state index >= 15 is 0 Å². The Morgan fingerprint density at radius 2 is 2.29 bits per heavy atom. The monoisotopic (exact) mass is 211 g/mol. The number of hydrogen-bond donors (Lipinski definition) is 1. The van der Waals surface area contributed by atoms with Gasteiger partial charge in [0.1, 0.15) is 5.82 Å². The zero-order chi connectivity index (χ0) is 10.4. The fourth-order valence-corrected chi connectivity index (χ4v) is 1.22. The van der Waals surface area contributed by atoms with Crippen LogP contribution in [0.5, 0.6) is 0 Å². The summed E-state index contributed by atoms with van der Waals surface area (Å²) < 4.78 is 13.1. The summed E-state index contributed by atoms with van der Waals surface area (Å²) in [5.41, 5.74) is 0.425. The number of anilines is 1. The maximum absolute atomic E-state index is 13.1. The zero-order valence-corrected chi connectivity index (χ0v) is 8.44. The van der Waals surface area contributed by atoms with Crippen molar-refractivity contribution in [3.8, 4) is 12.3 Å². The van der Waals surface area contributed by atoms with Gasteiger partial charge in [-0.3, -0.25) is 0 Å². The minimum atomic E-state index is -0.296. The summed E-state index contributed by atoms with van der Waals surface area (Å²) in [6.07, 6.45) is 6.60. The van der Waals surface area contributed by atoms with Gasteiger partial charge in [-0.15, -0.1) is 12.3 Å². The molecule has 0 atom stereocenters. The summed E-state index contributed by atoms with van der Waals surface area (Å²) in [7, 11) is 0. The van der Waals surface area contributed by atoms with Crippen LogP contribution in [0.25, 0.3) is 0 Å². The maximum Gasteiger partial charge on any atom is 0.146 e. The molecule has 0 radical (unpaired) electrons. The highest BCUT2D eigenvalue weighted by Gasteiger charge is 2.00. The van der Waals surface area contributed by atoms with E-state index in [-0.39, 0.29) is 5.82 Å². The van der Waals surface area contributed by atoms with Crippen molar-refractivity contribution in [2.45, 2.75) is 12.8 Å². The van der Waals surface area contributed by atoms with E-state index in [4.69, 9.17) is 18.0 Å². The number of hydrogen-bond acceptors (Lipinski definition) is 1.